The molecule has 0 bridgehead atoms. The van der Waals surface area contributed by atoms with Crippen molar-refractivity contribution in [1.82, 2.24) is 5.32 Å². The van der Waals surface area contributed by atoms with E-state index in [0.29, 0.717) is 5.03 Å². The van der Waals surface area contributed by atoms with Gasteiger partial charge in [-0.2, -0.15) is 5.26 Å². The lowest BCUT2D eigenvalue weighted by Crippen LogP contribution is -2.46. The molecule has 1 aliphatic rings. The van der Waals surface area contributed by atoms with Crippen molar-refractivity contribution in [2.24, 2.45) is 0 Å². The SMILES string of the molecule is Cc1ccc(N2C(S)=C(C#N)C(=O)N[C@H]2c2cccc(Br)c2)c(C)c1. The number of anilines is 1. The van der Waals surface area contributed by atoms with E-state index in [2.05, 4.69) is 39.9 Å². The maximum absolute atomic E-state index is 12.3. The fourth-order valence-corrected chi connectivity index (χ4v) is 3.74. The van der Waals surface area contributed by atoms with E-state index in [1.165, 1.54) is 0 Å². The fraction of sp³-hybridized carbons (Fsp3) is 0.158. The third kappa shape index (κ3) is 3.30. The molecule has 126 valence electrons. The number of amides is 1. The van der Waals surface area contributed by atoms with Crippen LogP contribution in [0.15, 0.2) is 57.5 Å². The number of carbonyl (C=O) groups excluding carboxylic acids is 1. The van der Waals surface area contributed by atoms with Crippen molar-refractivity contribution in [2.75, 3.05) is 4.90 Å². The summed E-state index contributed by atoms with van der Waals surface area (Å²) in [6.07, 6.45) is -0.448. The summed E-state index contributed by atoms with van der Waals surface area (Å²) in [5.74, 6) is -0.418. The molecule has 0 radical (unpaired) electrons. The average Bonchev–Trinajstić information content (AvgIpc) is 2.56. The summed E-state index contributed by atoms with van der Waals surface area (Å²) in [5, 5.41) is 12.6. The zero-order valence-electron chi connectivity index (χ0n) is 13.7. The summed E-state index contributed by atoms with van der Waals surface area (Å²) in [7, 11) is 0. The smallest absolute Gasteiger partial charge is 0.266 e. The van der Waals surface area contributed by atoms with E-state index in [1.807, 2.05) is 61.2 Å². The van der Waals surface area contributed by atoms with Crippen LogP contribution < -0.4 is 10.2 Å². The molecule has 2 aromatic carbocycles. The molecule has 2 aromatic rings. The second-order valence-electron chi connectivity index (χ2n) is 5.90. The molecule has 0 saturated carbocycles. The Hall–Kier alpha value is -2.23. The van der Waals surface area contributed by atoms with Crippen molar-refractivity contribution in [3.05, 3.63) is 74.2 Å². The van der Waals surface area contributed by atoms with Crippen LogP contribution in [0.5, 0.6) is 0 Å². The van der Waals surface area contributed by atoms with Crippen molar-refractivity contribution in [2.45, 2.75) is 20.0 Å². The number of rotatable bonds is 2. The Balaban J connectivity index is 2.21. The van der Waals surface area contributed by atoms with Crippen LogP contribution in [-0.4, -0.2) is 5.91 Å². The number of nitrogens with one attached hydrogen (secondary N) is 1. The van der Waals surface area contributed by atoms with Gasteiger partial charge in [0.2, 0.25) is 0 Å². The third-order valence-electron chi connectivity index (χ3n) is 4.09. The van der Waals surface area contributed by atoms with Gasteiger partial charge in [0.25, 0.3) is 5.91 Å². The number of nitrogens with zero attached hydrogens (tertiary/aromatic N) is 2. The zero-order chi connectivity index (χ0) is 18.1. The van der Waals surface area contributed by atoms with Gasteiger partial charge in [0, 0.05) is 10.2 Å². The highest BCUT2D eigenvalue weighted by Gasteiger charge is 2.34. The highest BCUT2D eigenvalue weighted by molar-refractivity contribution is 9.10. The summed E-state index contributed by atoms with van der Waals surface area (Å²) < 4.78 is 0.913. The molecule has 1 heterocycles. The predicted molar refractivity (Wildman–Crippen MR) is 105 cm³/mol. The van der Waals surface area contributed by atoms with E-state index in [0.717, 1.165) is 26.9 Å². The first kappa shape index (κ1) is 17.6. The minimum absolute atomic E-state index is 0.00885. The number of carbonyl (C=O) groups is 1. The van der Waals surface area contributed by atoms with Crippen molar-refractivity contribution < 1.29 is 4.79 Å². The van der Waals surface area contributed by atoms with E-state index in [-0.39, 0.29) is 5.57 Å². The molecule has 0 aliphatic carbocycles. The van der Waals surface area contributed by atoms with Crippen LogP contribution >= 0.6 is 28.6 Å². The maximum Gasteiger partial charge on any atom is 0.266 e. The van der Waals surface area contributed by atoms with Gasteiger partial charge in [-0.15, -0.1) is 12.6 Å². The quantitative estimate of drug-likeness (QED) is 0.718. The Labute approximate surface area is 160 Å². The van der Waals surface area contributed by atoms with Crippen LogP contribution in [-0.2, 0) is 4.79 Å². The maximum atomic E-state index is 12.3. The molecule has 1 aliphatic heterocycles. The molecule has 0 saturated heterocycles. The van der Waals surface area contributed by atoms with Crippen LogP contribution in [0.25, 0.3) is 0 Å². The number of hydrogen-bond acceptors (Lipinski definition) is 4. The normalized spacial score (nSPS) is 17.3. The standard InChI is InChI=1S/C19H16BrN3OS/c1-11-6-7-16(12(2)8-11)23-17(13-4-3-5-14(20)9-13)22-18(24)15(10-21)19(23)25/h3-9,17,25H,1-2H3,(H,22,24)/t17-/m1/s1. The molecule has 25 heavy (non-hydrogen) atoms. The molecule has 1 N–H and O–H groups in total. The van der Waals surface area contributed by atoms with Gasteiger partial charge in [-0.1, -0.05) is 45.8 Å². The molecule has 0 spiro atoms. The monoisotopic (exact) mass is 413 g/mol. The predicted octanol–water partition coefficient (Wildman–Crippen LogP) is 4.37. The van der Waals surface area contributed by atoms with E-state index in [9.17, 15) is 10.1 Å². The topological polar surface area (TPSA) is 56.1 Å². The Morgan fingerprint density at radius 3 is 2.64 bits per heavy atom. The summed E-state index contributed by atoms with van der Waals surface area (Å²) >= 11 is 7.99. The summed E-state index contributed by atoms with van der Waals surface area (Å²) in [4.78, 5) is 14.2. The lowest BCUT2D eigenvalue weighted by Gasteiger charge is -2.38. The average molecular weight is 414 g/mol. The Kier molecular flexibility index (Phi) is 4.89. The molecule has 1 amide bonds. The first-order valence-corrected chi connectivity index (χ1v) is 8.92. The number of nitriles is 1. The van der Waals surface area contributed by atoms with Gasteiger partial charge in [-0.25, -0.2) is 0 Å². The van der Waals surface area contributed by atoms with Crippen LogP contribution in [0.3, 0.4) is 0 Å². The van der Waals surface area contributed by atoms with E-state index < -0.39 is 12.1 Å². The minimum atomic E-state index is -0.448. The van der Waals surface area contributed by atoms with Gasteiger partial charge < -0.3 is 10.2 Å². The van der Waals surface area contributed by atoms with Crippen LogP contribution in [0.1, 0.15) is 22.9 Å². The van der Waals surface area contributed by atoms with Gasteiger partial charge in [0.05, 0.1) is 5.03 Å². The number of aryl methyl sites for hydroxylation is 2. The van der Waals surface area contributed by atoms with Gasteiger partial charge in [0.1, 0.15) is 17.8 Å². The molecule has 6 heteroatoms. The molecule has 0 aromatic heterocycles. The molecule has 0 unspecified atom stereocenters. The number of thiol groups is 1. The number of halogens is 1. The summed E-state index contributed by atoms with van der Waals surface area (Å²) in [6, 6.07) is 15.7. The number of benzene rings is 2. The highest BCUT2D eigenvalue weighted by atomic mass is 79.9. The second kappa shape index (κ2) is 6.95. The lowest BCUT2D eigenvalue weighted by atomic mass is 10.0. The molecule has 1 atom stereocenters. The first-order valence-electron chi connectivity index (χ1n) is 7.68. The Bertz CT molecular complexity index is 933. The van der Waals surface area contributed by atoms with E-state index >= 15 is 0 Å². The fourth-order valence-electron chi connectivity index (χ4n) is 2.94. The Morgan fingerprint density at radius 2 is 2.00 bits per heavy atom. The van der Waals surface area contributed by atoms with Crippen LogP contribution in [0.4, 0.5) is 5.69 Å². The lowest BCUT2D eigenvalue weighted by molar-refractivity contribution is -0.118. The summed E-state index contributed by atoms with van der Waals surface area (Å²) in [6.45, 7) is 4.03. The summed E-state index contributed by atoms with van der Waals surface area (Å²) in [5.41, 5.74) is 3.99. The Morgan fingerprint density at radius 1 is 1.24 bits per heavy atom. The minimum Gasteiger partial charge on any atom is -0.327 e. The first-order chi connectivity index (χ1) is 11.9. The van der Waals surface area contributed by atoms with E-state index in [4.69, 9.17) is 0 Å². The second-order valence-corrected chi connectivity index (χ2v) is 7.24. The third-order valence-corrected chi connectivity index (χ3v) is 5.03. The van der Waals surface area contributed by atoms with E-state index in [1.54, 1.807) is 0 Å². The molecule has 3 rings (SSSR count). The molecule has 4 nitrogen and oxygen atoms in total. The molecular weight excluding hydrogens is 398 g/mol. The number of hydrogen-bond donors (Lipinski definition) is 2. The van der Waals surface area contributed by atoms with Crippen LogP contribution in [0, 0.1) is 25.2 Å². The van der Waals surface area contributed by atoms with Crippen molar-refractivity contribution >= 4 is 40.2 Å². The molecular formula is C19H16BrN3OS. The highest BCUT2D eigenvalue weighted by Crippen LogP contribution is 2.38. The van der Waals surface area contributed by atoms with Gasteiger partial charge >= 0.3 is 0 Å². The molecule has 0 fully saturated rings. The largest absolute Gasteiger partial charge is 0.327 e. The van der Waals surface area contributed by atoms with Gasteiger partial charge in [-0.05, 0) is 43.2 Å². The van der Waals surface area contributed by atoms with Crippen LogP contribution in [0.2, 0.25) is 0 Å². The zero-order valence-corrected chi connectivity index (χ0v) is 16.2. The van der Waals surface area contributed by atoms with Crippen molar-refractivity contribution in [3.8, 4) is 6.07 Å². The van der Waals surface area contributed by atoms with Gasteiger partial charge in [0.15, 0.2) is 0 Å². The van der Waals surface area contributed by atoms with Crippen molar-refractivity contribution in [3.63, 3.8) is 0 Å². The van der Waals surface area contributed by atoms with Gasteiger partial charge in [-0.3, -0.25) is 4.79 Å². The van der Waals surface area contributed by atoms with Crippen molar-refractivity contribution in [1.29, 1.82) is 5.26 Å².